The van der Waals surface area contributed by atoms with Crippen LogP contribution >= 0.6 is 15.9 Å². The van der Waals surface area contributed by atoms with E-state index in [0.29, 0.717) is 16.5 Å². The average Bonchev–Trinajstić information content (AvgIpc) is 2.55. The minimum Gasteiger partial charge on any atom is -0.229 e. The normalized spacial score (nSPS) is 25.8. The number of nitrogens with one attached hydrogen (secondary N) is 1. The largest absolute Gasteiger partial charge is 0.241 e. The van der Waals surface area contributed by atoms with Crippen molar-refractivity contribution >= 4 is 35.8 Å². The van der Waals surface area contributed by atoms with Crippen molar-refractivity contribution in [3.8, 4) is 0 Å². The summed E-state index contributed by atoms with van der Waals surface area (Å²) < 4.78 is 51.2. The van der Waals surface area contributed by atoms with Crippen molar-refractivity contribution in [2.24, 2.45) is 0 Å². The van der Waals surface area contributed by atoms with Gasteiger partial charge in [0, 0.05) is 10.0 Å². The molecule has 2 rings (SSSR count). The third kappa shape index (κ3) is 3.41. The maximum Gasteiger partial charge on any atom is 0.241 e. The summed E-state index contributed by atoms with van der Waals surface area (Å²) in [7, 11) is -6.91. The van der Waals surface area contributed by atoms with Crippen molar-refractivity contribution < 1.29 is 16.8 Å². The summed E-state index contributed by atoms with van der Waals surface area (Å²) in [6.07, 6.45) is 0.293. The van der Waals surface area contributed by atoms with E-state index in [1.807, 2.05) is 0 Å². The minimum atomic E-state index is -3.75. The Kier molecular flexibility index (Phi) is 4.05. The molecule has 1 saturated heterocycles. The summed E-state index contributed by atoms with van der Waals surface area (Å²) in [4.78, 5) is 0.164. The summed E-state index contributed by atoms with van der Waals surface area (Å²) >= 11 is 3.24. The summed E-state index contributed by atoms with van der Waals surface area (Å²) in [5.41, 5.74) is -0.322. The quantitative estimate of drug-likeness (QED) is 0.862. The van der Waals surface area contributed by atoms with Gasteiger partial charge in [-0.25, -0.2) is 21.6 Å². The van der Waals surface area contributed by atoms with Gasteiger partial charge in [0.2, 0.25) is 10.0 Å². The van der Waals surface area contributed by atoms with Crippen LogP contribution in [-0.2, 0) is 19.9 Å². The molecule has 1 atom stereocenters. The van der Waals surface area contributed by atoms with Crippen LogP contribution in [-0.4, -0.2) is 33.9 Å². The van der Waals surface area contributed by atoms with Gasteiger partial charge >= 0.3 is 0 Å². The molecular formula is C12H16BrNO4S2. The lowest BCUT2D eigenvalue weighted by Crippen LogP contribution is -2.46. The van der Waals surface area contributed by atoms with Crippen LogP contribution < -0.4 is 4.72 Å². The Morgan fingerprint density at radius 3 is 2.55 bits per heavy atom. The van der Waals surface area contributed by atoms with Gasteiger partial charge in [0.05, 0.1) is 16.4 Å². The van der Waals surface area contributed by atoms with Gasteiger partial charge in [0.1, 0.15) is 0 Å². The summed E-state index contributed by atoms with van der Waals surface area (Å²) in [6.45, 7) is 3.33. The Morgan fingerprint density at radius 1 is 1.35 bits per heavy atom. The number of benzene rings is 1. The highest BCUT2D eigenvalue weighted by Crippen LogP contribution is 2.27. The summed E-state index contributed by atoms with van der Waals surface area (Å²) in [6, 6.07) is 4.98. The predicted octanol–water partition coefficient (Wildman–Crippen LogP) is 1.61. The standard InChI is InChI=1S/C12H16BrNO4S2/c1-9-3-4-10(13)7-11(9)20(17,18)14-12(2)5-6-19(15,16)8-12/h3-4,7,14H,5-6,8H2,1-2H3. The first-order valence-corrected chi connectivity index (χ1v) is 10.1. The lowest BCUT2D eigenvalue weighted by molar-refractivity contribution is 0.461. The lowest BCUT2D eigenvalue weighted by atomic mass is 10.0. The third-order valence-corrected chi connectivity index (χ3v) is 7.50. The number of hydrogen-bond acceptors (Lipinski definition) is 4. The van der Waals surface area contributed by atoms with Crippen LogP contribution in [0.2, 0.25) is 0 Å². The second kappa shape index (κ2) is 5.08. The van der Waals surface area contributed by atoms with Gasteiger partial charge in [-0.15, -0.1) is 0 Å². The molecule has 0 radical (unpaired) electrons. The van der Waals surface area contributed by atoms with Crippen molar-refractivity contribution in [1.29, 1.82) is 0 Å². The van der Waals surface area contributed by atoms with Gasteiger partial charge in [0.25, 0.3) is 0 Å². The molecule has 112 valence electrons. The Bertz CT molecular complexity index is 743. The van der Waals surface area contributed by atoms with Crippen LogP contribution in [0.1, 0.15) is 18.9 Å². The van der Waals surface area contributed by atoms with Crippen molar-refractivity contribution in [1.82, 2.24) is 4.72 Å². The summed E-state index contributed by atoms with van der Waals surface area (Å²) in [5, 5.41) is 0. The molecule has 0 aliphatic carbocycles. The van der Waals surface area contributed by atoms with E-state index in [2.05, 4.69) is 20.7 Å². The lowest BCUT2D eigenvalue weighted by Gasteiger charge is -2.24. The SMILES string of the molecule is Cc1ccc(Br)cc1S(=O)(=O)NC1(C)CCS(=O)(=O)C1. The van der Waals surface area contributed by atoms with Crippen molar-refractivity contribution in [2.75, 3.05) is 11.5 Å². The Morgan fingerprint density at radius 2 is 2.00 bits per heavy atom. The zero-order valence-corrected chi connectivity index (χ0v) is 14.4. The molecule has 1 unspecified atom stereocenters. The smallest absolute Gasteiger partial charge is 0.229 e. The van der Waals surface area contributed by atoms with Crippen molar-refractivity contribution in [3.05, 3.63) is 28.2 Å². The van der Waals surface area contributed by atoms with E-state index in [0.717, 1.165) is 0 Å². The van der Waals surface area contributed by atoms with Crippen molar-refractivity contribution in [3.63, 3.8) is 0 Å². The number of hydrogen-bond donors (Lipinski definition) is 1. The molecule has 0 spiro atoms. The average molecular weight is 382 g/mol. The van der Waals surface area contributed by atoms with E-state index < -0.39 is 25.4 Å². The molecule has 1 aromatic carbocycles. The van der Waals surface area contributed by atoms with Gasteiger partial charge in [-0.1, -0.05) is 22.0 Å². The molecule has 20 heavy (non-hydrogen) atoms. The molecule has 0 bridgehead atoms. The molecule has 1 aliphatic rings. The predicted molar refractivity (Wildman–Crippen MR) is 80.9 cm³/mol. The Balaban J connectivity index is 2.35. The Labute approximate surface area is 127 Å². The van der Waals surface area contributed by atoms with Gasteiger partial charge in [-0.3, -0.25) is 0 Å². The van der Waals surface area contributed by atoms with Crippen LogP contribution in [0.3, 0.4) is 0 Å². The molecule has 1 heterocycles. The first-order chi connectivity index (χ1) is 9.03. The fourth-order valence-electron chi connectivity index (χ4n) is 2.33. The molecule has 8 heteroatoms. The van der Waals surface area contributed by atoms with Crippen LogP contribution in [0.5, 0.6) is 0 Å². The second-order valence-electron chi connectivity index (χ2n) is 5.42. The summed E-state index contributed by atoms with van der Waals surface area (Å²) in [5.74, 6) is -0.143. The number of sulfonamides is 1. The van der Waals surface area contributed by atoms with E-state index in [1.54, 1.807) is 26.0 Å². The number of halogens is 1. The highest BCUT2D eigenvalue weighted by atomic mass is 79.9. The van der Waals surface area contributed by atoms with Gasteiger partial charge < -0.3 is 0 Å². The first-order valence-electron chi connectivity index (χ1n) is 6.04. The monoisotopic (exact) mass is 381 g/mol. The zero-order chi connectivity index (χ0) is 15.2. The molecule has 5 nitrogen and oxygen atoms in total. The highest BCUT2D eigenvalue weighted by molar-refractivity contribution is 9.10. The van der Waals surface area contributed by atoms with Crippen LogP contribution in [0, 0.1) is 6.92 Å². The zero-order valence-electron chi connectivity index (χ0n) is 11.2. The van der Waals surface area contributed by atoms with Crippen molar-refractivity contribution in [2.45, 2.75) is 30.7 Å². The molecule has 1 fully saturated rings. The fraction of sp³-hybridized carbons (Fsp3) is 0.500. The minimum absolute atomic E-state index is 0.0173. The molecule has 0 saturated carbocycles. The second-order valence-corrected chi connectivity index (χ2v) is 10.2. The number of aryl methyl sites for hydroxylation is 1. The van der Waals surface area contributed by atoms with Crippen LogP contribution in [0.25, 0.3) is 0 Å². The first kappa shape index (κ1) is 15.9. The number of sulfone groups is 1. The Hall–Kier alpha value is -0.440. The van der Waals surface area contributed by atoms with Gasteiger partial charge in [-0.2, -0.15) is 0 Å². The van der Waals surface area contributed by atoms with Gasteiger partial charge in [-0.05, 0) is 38.0 Å². The van der Waals surface area contributed by atoms with E-state index in [1.165, 1.54) is 6.07 Å². The van der Waals surface area contributed by atoms with E-state index >= 15 is 0 Å². The molecule has 0 amide bonds. The molecule has 1 aliphatic heterocycles. The topological polar surface area (TPSA) is 80.3 Å². The van der Waals surface area contributed by atoms with E-state index in [9.17, 15) is 16.8 Å². The molecule has 0 aromatic heterocycles. The molecular weight excluding hydrogens is 366 g/mol. The molecule has 1 N–H and O–H groups in total. The number of rotatable bonds is 3. The highest BCUT2D eigenvalue weighted by Gasteiger charge is 2.41. The van der Waals surface area contributed by atoms with Gasteiger partial charge in [0.15, 0.2) is 9.84 Å². The van der Waals surface area contributed by atoms with Crippen LogP contribution in [0.15, 0.2) is 27.6 Å². The maximum atomic E-state index is 12.5. The third-order valence-electron chi connectivity index (χ3n) is 3.32. The van der Waals surface area contributed by atoms with E-state index in [4.69, 9.17) is 0 Å². The molecule has 1 aromatic rings. The van der Waals surface area contributed by atoms with E-state index in [-0.39, 0.29) is 16.4 Å². The van der Waals surface area contributed by atoms with Crippen LogP contribution in [0.4, 0.5) is 0 Å². The fourth-order valence-corrected chi connectivity index (χ4v) is 6.74. The maximum absolute atomic E-state index is 12.5.